The average molecular weight is 389 g/mol. The summed E-state index contributed by atoms with van der Waals surface area (Å²) in [5.41, 5.74) is 10.2. The lowest BCUT2D eigenvalue weighted by Gasteiger charge is -2.26. The third kappa shape index (κ3) is 3.05. The Kier molecular flexibility index (Phi) is 4.59. The van der Waals surface area contributed by atoms with E-state index in [1.165, 1.54) is 6.33 Å². The Morgan fingerprint density at radius 2 is 1.90 bits per heavy atom. The molecule has 1 unspecified atom stereocenters. The molecule has 0 saturated heterocycles. The number of nitrogens with zero attached hydrogens (tertiary/aromatic N) is 6. The van der Waals surface area contributed by atoms with Crippen molar-refractivity contribution < 1.29 is 4.74 Å². The van der Waals surface area contributed by atoms with Gasteiger partial charge in [0.1, 0.15) is 24.3 Å². The van der Waals surface area contributed by atoms with E-state index in [1.54, 1.807) is 11.0 Å². The molecule has 0 spiro atoms. The van der Waals surface area contributed by atoms with Crippen LogP contribution in [0.3, 0.4) is 0 Å². The Hall–Kier alpha value is -3.60. The number of allylic oxidation sites excluding steroid dienone is 1. The van der Waals surface area contributed by atoms with Crippen LogP contribution < -0.4 is 10.5 Å². The van der Waals surface area contributed by atoms with Crippen LogP contribution >= 0.6 is 0 Å². The highest BCUT2D eigenvalue weighted by molar-refractivity contribution is 5.56. The fourth-order valence-electron chi connectivity index (χ4n) is 3.66. The molecule has 1 aliphatic heterocycles. The second-order valence-electron chi connectivity index (χ2n) is 7.65. The quantitative estimate of drug-likeness (QED) is 0.733. The SMILES string of the molecule is CC(C)c1nn(C(C)C)c2c1C(c1ccc(-n3cncn3)cc1)C(C#N)=C(N)O2. The van der Waals surface area contributed by atoms with Gasteiger partial charge in [0.25, 0.3) is 0 Å². The fourth-order valence-corrected chi connectivity index (χ4v) is 3.66. The van der Waals surface area contributed by atoms with Crippen molar-refractivity contribution in [1.29, 1.82) is 5.26 Å². The minimum absolute atomic E-state index is 0.100. The number of hydrogen-bond acceptors (Lipinski definition) is 6. The zero-order chi connectivity index (χ0) is 20.7. The van der Waals surface area contributed by atoms with E-state index < -0.39 is 0 Å². The molecule has 2 aromatic heterocycles. The summed E-state index contributed by atoms with van der Waals surface area (Å²) in [6.07, 6.45) is 3.13. The largest absolute Gasteiger partial charge is 0.422 e. The van der Waals surface area contributed by atoms with Crippen LogP contribution in [-0.2, 0) is 0 Å². The molecule has 0 bridgehead atoms. The van der Waals surface area contributed by atoms with Crippen molar-refractivity contribution in [3.8, 4) is 17.6 Å². The molecule has 0 fully saturated rings. The van der Waals surface area contributed by atoms with Gasteiger partial charge in [-0.15, -0.1) is 0 Å². The van der Waals surface area contributed by atoms with E-state index in [1.807, 2.05) is 42.8 Å². The number of benzene rings is 1. The standard InChI is InChI=1S/C21H23N7O/c1-12(2)19-18-17(14-5-7-15(8-6-14)27-11-24-10-25-27)16(9-22)20(23)29-21(18)28(26-19)13(3)4/h5-8,10-13,17H,23H2,1-4H3. The molecule has 0 amide bonds. The smallest absolute Gasteiger partial charge is 0.224 e. The van der Waals surface area contributed by atoms with E-state index in [4.69, 9.17) is 15.6 Å². The molecule has 3 heterocycles. The molecule has 1 aromatic carbocycles. The summed E-state index contributed by atoms with van der Waals surface area (Å²) in [6, 6.07) is 10.2. The van der Waals surface area contributed by atoms with Crippen LogP contribution in [0.5, 0.6) is 5.88 Å². The van der Waals surface area contributed by atoms with Gasteiger partial charge in [0.05, 0.1) is 28.9 Å². The molecule has 4 rings (SSSR count). The second-order valence-corrected chi connectivity index (χ2v) is 7.65. The van der Waals surface area contributed by atoms with Crippen LogP contribution in [0, 0.1) is 11.3 Å². The van der Waals surface area contributed by atoms with Gasteiger partial charge in [-0.05, 0) is 37.5 Å². The Morgan fingerprint density at radius 3 is 2.45 bits per heavy atom. The molecule has 0 aliphatic carbocycles. The first kappa shape index (κ1) is 18.7. The number of ether oxygens (including phenoxy) is 1. The van der Waals surface area contributed by atoms with Crippen molar-refractivity contribution in [2.45, 2.75) is 45.6 Å². The van der Waals surface area contributed by atoms with Gasteiger partial charge in [0.2, 0.25) is 11.8 Å². The van der Waals surface area contributed by atoms with Crippen LogP contribution in [0.25, 0.3) is 5.69 Å². The number of hydrogen-bond donors (Lipinski definition) is 1. The van der Waals surface area contributed by atoms with E-state index >= 15 is 0 Å². The lowest BCUT2D eigenvalue weighted by atomic mass is 9.82. The molecule has 8 nitrogen and oxygen atoms in total. The molecule has 8 heteroatoms. The minimum Gasteiger partial charge on any atom is -0.422 e. The van der Waals surface area contributed by atoms with Gasteiger partial charge in [-0.1, -0.05) is 26.0 Å². The van der Waals surface area contributed by atoms with Crippen molar-refractivity contribution in [2.24, 2.45) is 5.73 Å². The summed E-state index contributed by atoms with van der Waals surface area (Å²) in [4.78, 5) is 3.98. The number of nitrogens with two attached hydrogens (primary N) is 1. The fraction of sp³-hybridized carbons (Fsp3) is 0.333. The van der Waals surface area contributed by atoms with Crippen LogP contribution in [-0.4, -0.2) is 24.5 Å². The molecule has 1 atom stereocenters. The van der Waals surface area contributed by atoms with Gasteiger partial charge in [-0.3, -0.25) is 0 Å². The van der Waals surface area contributed by atoms with Gasteiger partial charge in [0, 0.05) is 0 Å². The first-order valence-electron chi connectivity index (χ1n) is 9.57. The van der Waals surface area contributed by atoms with Crippen molar-refractivity contribution in [3.05, 3.63) is 65.2 Å². The van der Waals surface area contributed by atoms with Crippen LogP contribution in [0.15, 0.2) is 48.4 Å². The molecular weight excluding hydrogens is 366 g/mol. The van der Waals surface area contributed by atoms with Crippen molar-refractivity contribution in [2.75, 3.05) is 0 Å². The van der Waals surface area contributed by atoms with Gasteiger partial charge < -0.3 is 10.5 Å². The Morgan fingerprint density at radius 1 is 1.17 bits per heavy atom. The normalized spacial score (nSPS) is 16.1. The average Bonchev–Trinajstić information content (AvgIpc) is 3.35. The number of fused-ring (bicyclic) bond motifs is 1. The predicted molar refractivity (Wildman–Crippen MR) is 107 cm³/mol. The summed E-state index contributed by atoms with van der Waals surface area (Å²) < 4.78 is 9.44. The van der Waals surface area contributed by atoms with Gasteiger partial charge in [0.15, 0.2) is 0 Å². The van der Waals surface area contributed by atoms with Crippen LogP contribution in [0.2, 0.25) is 0 Å². The van der Waals surface area contributed by atoms with E-state index in [9.17, 15) is 5.26 Å². The van der Waals surface area contributed by atoms with Gasteiger partial charge >= 0.3 is 0 Å². The summed E-state index contributed by atoms with van der Waals surface area (Å²) in [6.45, 7) is 8.27. The zero-order valence-electron chi connectivity index (χ0n) is 16.9. The molecule has 3 aromatic rings. The first-order chi connectivity index (χ1) is 13.9. The Bertz CT molecular complexity index is 1100. The van der Waals surface area contributed by atoms with Gasteiger partial charge in [-0.2, -0.15) is 15.5 Å². The second kappa shape index (κ2) is 7.09. The van der Waals surface area contributed by atoms with Crippen LogP contribution in [0.1, 0.15) is 62.4 Å². The van der Waals surface area contributed by atoms with Gasteiger partial charge in [-0.25, -0.2) is 14.3 Å². The topological polar surface area (TPSA) is 108 Å². The molecular formula is C21H23N7O. The van der Waals surface area contributed by atoms with E-state index in [0.29, 0.717) is 11.5 Å². The summed E-state index contributed by atoms with van der Waals surface area (Å²) in [5, 5.41) is 18.8. The molecule has 0 saturated carbocycles. The lowest BCUT2D eigenvalue weighted by Crippen LogP contribution is -2.23. The zero-order valence-corrected chi connectivity index (χ0v) is 16.9. The monoisotopic (exact) mass is 389 g/mol. The summed E-state index contributed by atoms with van der Waals surface area (Å²) in [7, 11) is 0. The maximum Gasteiger partial charge on any atom is 0.224 e. The predicted octanol–water partition coefficient (Wildman–Crippen LogP) is 3.39. The first-order valence-corrected chi connectivity index (χ1v) is 9.57. The molecule has 148 valence electrons. The van der Waals surface area contributed by atoms with Crippen molar-refractivity contribution in [1.82, 2.24) is 24.5 Å². The number of aromatic nitrogens is 5. The maximum absolute atomic E-state index is 9.85. The Balaban J connectivity index is 1.90. The van der Waals surface area contributed by atoms with E-state index in [2.05, 4.69) is 30.0 Å². The molecule has 0 radical (unpaired) electrons. The molecule has 1 aliphatic rings. The highest BCUT2D eigenvalue weighted by atomic mass is 16.5. The van der Waals surface area contributed by atoms with E-state index in [0.717, 1.165) is 22.5 Å². The third-order valence-electron chi connectivity index (χ3n) is 5.05. The molecule has 29 heavy (non-hydrogen) atoms. The minimum atomic E-state index is -0.335. The summed E-state index contributed by atoms with van der Waals surface area (Å²) in [5.74, 6) is 0.579. The highest BCUT2D eigenvalue weighted by Crippen LogP contribution is 2.46. The van der Waals surface area contributed by atoms with Crippen molar-refractivity contribution >= 4 is 0 Å². The highest BCUT2D eigenvalue weighted by Gasteiger charge is 2.37. The third-order valence-corrected chi connectivity index (χ3v) is 5.05. The number of nitriles is 1. The molecule has 2 N–H and O–H groups in total. The summed E-state index contributed by atoms with van der Waals surface area (Å²) >= 11 is 0. The van der Waals surface area contributed by atoms with Crippen LogP contribution in [0.4, 0.5) is 0 Å². The van der Waals surface area contributed by atoms with E-state index in [-0.39, 0.29) is 23.8 Å². The Labute approximate surface area is 169 Å². The lowest BCUT2D eigenvalue weighted by molar-refractivity contribution is 0.334. The number of rotatable bonds is 4. The van der Waals surface area contributed by atoms with Crippen molar-refractivity contribution in [3.63, 3.8) is 0 Å². The maximum atomic E-state index is 9.85.